The van der Waals surface area contributed by atoms with Crippen LogP contribution in [0.25, 0.3) is 0 Å². The molecule has 0 bridgehead atoms. The molecule has 0 atom stereocenters. The highest BCUT2D eigenvalue weighted by atomic mass is 16.3. The Morgan fingerprint density at radius 2 is 1.86 bits per heavy atom. The van der Waals surface area contributed by atoms with Crippen molar-refractivity contribution >= 4 is 11.7 Å². The van der Waals surface area contributed by atoms with Gasteiger partial charge in [-0.1, -0.05) is 0 Å². The second-order valence-corrected chi connectivity index (χ2v) is 3.48. The number of hydrogen-bond acceptors (Lipinski definition) is 3. The van der Waals surface area contributed by atoms with E-state index in [-0.39, 0.29) is 24.7 Å². The molecule has 0 aromatic rings. The summed E-state index contributed by atoms with van der Waals surface area (Å²) in [7, 11) is 1.70. The normalized spacial score (nSPS) is 9.93. The van der Waals surface area contributed by atoms with Crippen molar-refractivity contribution in [2.24, 2.45) is 0 Å². The standard InChI is InChI=1S/C10H19NO3/c1-9(13)8-10(14)11(2)6-4-3-5-7-12/h12H,3-8H2,1-2H3. The summed E-state index contributed by atoms with van der Waals surface area (Å²) in [5.74, 6) is -0.223. The second-order valence-electron chi connectivity index (χ2n) is 3.48. The SMILES string of the molecule is CC(=O)CC(=O)N(C)CCCCCO. The topological polar surface area (TPSA) is 57.6 Å². The second kappa shape index (κ2) is 7.50. The lowest BCUT2D eigenvalue weighted by Crippen LogP contribution is -2.29. The van der Waals surface area contributed by atoms with Crippen LogP contribution in [0.2, 0.25) is 0 Å². The molecule has 4 nitrogen and oxygen atoms in total. The van der Waals surface area contributed by atoms with Gasteiger partial charge in [0.15, 0.2) is 0 Å². The summed E-state index contributed by atoms with van der Waals surface area (Å²) in [5, 5.41) is 8.53. The summed E-state index contributed by atoms with van der Waals surface area (Å²) in [6.45, 7) is 2.27. The van der Waals surface area contributed by atoms with Crippen LogP contribution in [-0.2, 0) is 9.59 Å². The average Bonchev–Trinajstić information content (AvgIpc) is 2.11. The largest absolute Gasteiger partial charge is 0.396 e. The van der Waals surface area contributed by atoms with Gasteiger partial charge in [0.05, 0.1) is 6.42 Å². The third kappa shape index (κ3) is 6.60. The van der Waals surface area contributed by atoms with Crippen LogP contribution in [-0.4, -0.2) is 41.9 Å². The zero-order chi connectivity index (χ0) is 11.0. The first-order chi connectivity index (χ1) is 6.57. The van der Waals surface area contributed by atoms with E-state index in [1.165, 1.54) is 6.92 Å². The number of nitrogens with zero attached hydrogens (tertiary/aromatic N) is 1. The van der Waals surface area contributed by atoms with Crippen molar-refractivity contribution in [2.45, 2.75) is 32.6 Å². The minimum Gasteiger partial charge on any atom is -0.396 e. The first-order valence-electron chi connectivity index (χ1n) is 4.92. The summed E-state index contributed by atoms with van der Waals surface area (Å²) in [6.07, 6.45) is 2.56. The molecule has 0 aliphatic rings. The van der Waals surface area contributed by atoms with E-state index in [0.717, 1.165) is 19.3 Å². The van der Waals surface area contributed by atoms with E-state index in [1.54, 1.807) is 11.9 Å². The Bertz CT molecular complexity index is 192. The lowest BCUT2D eigenvalue weighted by Gasteiger charge is -2.15. The van der Waals surface area contributed by atoms with Crippen LogP contribution in [0.5, 0.6) is 0 Å². The minimum atomic E-state index is -0.124. The van der Waals surface area contributed by atoms with Crippen molar-refractivity contribution in [1.29, 1.82) is 0 Å². The molecule has 0 fully saturated rings. The number of aliphatic hydroxyl groups excluding tert-OH is 1. The van der Waals surface area contributed by atoms with Gasteiger partial charge in [-0.05, 0) is 26.2 Å². The highest BCUT2D eigenvalue weighted by Gasteiger charge is 2.09. The lowest BCUT2D eigenvalue weighted by atomic mass is 10.2. The Hall–Kier alpha value is -0.900. The number of unbranched alkanes of at least 4 members (excludes halogenated alkanes) is 2. The Morgan fingerprint density at radius 3 is 2.36 bits per heavy atom. The van der Waals surface area contributed by atoms with E-state index in [9.17, 15) is 9.59 Å². The monoisotopic (exact) mass is 201 g/mol. The van der Waals surface area contributed by atoms with Gasteiger partial charge in [-0.3, -0.25) is 9.59 Å². The zero-order valence-corrected chi connectivity index (χ0v) is 8.95. The number of hydrogen-bond donors (Lipinski definition) is 1. The molecule has 1 amide bonds. The quantitative estimate of drug-likeness (QED) is 0.484. The van der Waals surface area contributed by atoms with E-state index in [0.29, 0.717) is 6.54 Å². The fourth-order valence-corrected chi connectivity index (χ4v) is 1.11. The molecular weight excluding hydrogens is 182 g/mol. The van der Waals surface area contributed by atoms with Gasteiger partial charge in [-0.2, -0.15) is 0 Å². The van der Waals surface area contributed by atoms with Gasteiger partial charge in [0, 0.05) is 20.2 Å². The summed E-state index contributed by atoms with van der Waals surface area (Å²) in [4.78, 5) is 23.5. The van der Waals surface area contributed by atoms with Crippen molar-refractivity contribution in [3.8, 4) is 0 Å². The van der Waals surface area contributed by atoms with Crippen LogP contribution in [0.3, 0.4) is 0 Å². The molecule has 4 heteroatoms. The average molecular weight is 201 g/mol. The predicted octanol–water partition coefficient (Wildman–Crippen LogP) is 0.587. The van der Waals surface area contributed by atoms with Crippen molar-refractivity contribution in [2.75, 3.05) is 20.2 Å². The fraction of sp³-hybridized carbons (Fsp3) is 0.800. The maximum atomic E-state index is 11.3. The smallest absolute Gasteiger partial charge is 0.229 e. The molecule has 0 aromatic carbocycles. The molecule has 82 valence electrons. The highest BCUT2D eigenvalue weighted by Crippen LogP contribution is 1.99. The molecule has 0 aliphatic carbocycles. The first-order valence-corrected chi connectivity index (χ1v) is 4.92. The maximum absolute atomic E-state index is 11.3. The molecule has 0 spiro atoms. The van der Waals surface area contributed by atoms with Gasteiger partial charge in [-0.15, -0.1) is 0 Å². The molecule has 0 rings (SSSR count). The molecule has 0 heterocycles. The number of ketones is 1. The molecule has 0 radical (unpaired) electrons. The predicted molar refractivity (Wildman–Crippen MR) is 53.9 cm³/mol. The van der Waals surface area contributed by atoms with Crippen molar-refractivity contribution in [1.82, 2.24) is 4.90 Å². The van der Waals surface area contributed by atoms with Gasteiger partial charge in [0.1, 0.15) is 5.78 Å². The fourth-order valence-electron chi connectivity index (χ4n) is 1.11. The summed E-state index contributed by atoms with van der Waals surface area (Å²) >= 11 is 0. The molecule has 1 N–H and O–H groups in total. The number of aliphatic hydroxyl groups is 1. The molecule has 0 aromatic heterocycles. The van der Waals surface area contributed by atoms with Crippen LogP contribution < -0.4 is 0 Å². The van der Waals surface area contributed by atoms with Gasteiger partial charge in [-0.25, -0.2) is 0 Å². The van der Waals surface area contributed by atoms with Gasteiger partial charge in [0.2, 0.25) is 5.91 Å². The third-order valence-electron chi connectivity index (χ3n) is 1.98. The van der Waals surface area contributed by atoms with Crippen LogP contribution >= 0.6 is 0 Å². The van der Waals surface area contributed by atoms with E-state index in [2.05, 4.69) is 0 Å². The van der Waals surface area contributed by atoms with Crippen LogP contribution in [0, 0.1) is 0 Å². The molecule has 0 saturated carbocycles. The number of amides is 1. The summed E-state index contributed by atoms with van der Waals surface area (Å²) in [6, 6.07) is 0. The number of carbonyl (C=O) groups is 2. The van der Waals surface area contributed by atoms with E-state index in [1.807, 2.05) is 0 Å². The minimum absolute atomic E-state index is 0.00347. The zero-order valence-electron chi connectivity index (χ0n) is 8.95. The van der Waals surface area contributed by atoms with E-state index in [4.69, 9.17) is 5.11 Å². The van der Waals surface area contributed by atoms with E-state index >= 15 is 0 Å². The van der Waals surface area contributed by atoms with Crippen LogP contribution in [0.4, 0.5) is 0 Å². The van der Waals surface area contributed by atoms with Gasteiger partial charge >= 0.3 is 0 Å². The molecule has 0 saturated heterocycles. The maximum Gasteiger partial charge on any atom is 0.229 e. The van der Waals surface area contributed by atoms with Gasteiger partial charge in [0.25, 0.3) is 0 Å². The molecule has 14 heavy (non-hydrogen) atoms. The number of rotatable bonds is 7. The first kappa shape index (κ1) is 13.1. The van der Waals surface area contributed by atoms with E-state index < -0.39 is 0 Å². The number of Topliss-reactive ketones (excluding diaryl/α,β-unsaturated/α-hetero) is 1. The van der Waals surface area contributed by atoms with Crippen LogP contribution in [0.1, 0.15) is 32.6 Å². The molecule has 0 unspecified atom stereocenters. The summed E-state index contributed by atoms with van der Waals surface area (Å²) < 4.78 is 0. The van der Waals surface area contributed by atoms with Crippen LogP contribution in [0.15, 0.2) is 0 Å². The Balaban J connectivity index is 3.57. The summed E-state index contributed by atoms with van der Waals surface area (Å²) in [5.41, 5.74) is 0. The van der Waals surface area contributed by atoms with Gasteiger partial charge < -0.3 is 10.0 Å². The van der Waals surface area contributed by atoms with Crippen molar-refractivity contribution in [3.05, 3.63) is 0 Å². The highest BCUT2D eigenvalue weighted by molar-refractivity contribution is 5.96. The number of carbonyl (C=O) groups excluding carboxylic acids is 2. The third-order valence-corrected chi connectivity index (χ3v) is 1.98. The lowest BCUT2D eigenvalue weighted by molar-refractivity contribution is -0.133. The Morgan fingerprint density at radius 1 is 1.21 bits per heavy atom. The van der Waals surface area contributed by atoms with Crippen molar-refractivity contribution in [3.63, 3.8) is 0 Å². The molecular formula is C10H19NO3. The van der Waals surface area contributed by atoms with Crippen molar-refractivity contribution < 1.29 is 14.7 Å². The Labute approximate surface area is 84.9 Å². The Kier molecular flexibility index (Phi) is 7.02. The molecule has 0 aliphatic heterocycles.